The highest BCUT2D eigenvalue weighted by Gasteiger charge is 2.29. The first-order valence-corrected chi connectivity index (χ1v) is 4.19. The zero-order valence-electron chi connectivity index (χ0n) is 7.47. The molecule has 1 aliphatic rings. The van der Waals surface area contributed by atoms with Crippen LogP contribution < -0.4 is 17.0 Å². The molecule has 0 aromatic heterocycles. The van der Waals surface area contributed by atoms with Crippen molar-refractivity contribution in [3.8, 4) is 0 Å². The molecule has 0 aromatic carbocycles. The molecule has 1 heterocycles. The van der Waals surface area contributed by atoms with E-state index in [0.29, 0.717) is 0 Å². The predicted octanol–water partition coefficient (Wildman–Crippen LogP) is 0.0665. The van der Waals surface area contributed by atoms with E-state index in [9.17, 15) is 0 Å². The fourth-order valence-corrected chi connectivity index (χ4v) is 1.37. The Balaban J connectivity index is 2.62. The first-order valence-electron chi connectivity index (χ1n) is 4.19. The van der Waals surface area contributed by atoms with Gasteiger partial charge in [-0.2, -0.15) is 0 Å². The summed E-state index contributed by atoms with van der Waals surface area (Å²) in [6.45, 7) is 3.71. The molecule has 0 amide bonds. The fourth-order valence-electron chi connectivity index (χ4n) is 1.37. The van der Waals surface area contributed by atoms with Crippen molar-refractivity contribution >= 4 is 0 Å². The van der Waals surface area contributed by atoms with Crippen molar-refractivity contribution < 1.29 is 4.74 Å². The van der Waals surface area contributed by atoms with E-state index in [4.69, 9.17) is 16.3 Å². The van der Waals surface area contributed by atoms with Gasteiger partial charge < -0.3 is 15.9 Å². The number of allylic oxidation sites excluding steroid dienone is 1. The predicted molar refractivity (Wildman–Crippen MR) is 47.8 cm³/mol. The average Bonchev–Trinajstić information content (AvgIpc) is 2.06. The van der Waals surface area contributed by atoms with Gasteiger partial charge >= 0.3 is 0 Å². The molecule has 0 aromatic rings. The van der Waals surface area contributed by atoms with Gasteiger partial charge in [0.15, 0.2) is 0 Å². The third kappa shape index (κ3) is 1.89. The van der Waals surface area contributed by atoms with Gasteiger partial charge in [-0.3, -0.25) is 5.84 Å². The second-order valence-corrected chi connectivity index (χ2v) is 3.44. The normalized spacial score (nSPS) is 23.7. The topological polar surface area (TPSA) is 73.3 Å². The minimum atomic E-state index is 0.0601. The second-order valence-electron chi connectivity index (χ2n) is 3.44. The van der Waals surface area contributed by atoms with Crippen molar-refractivity contribution in [1.29, 1.82) is 0 Å². The number of nitrogens with two attached hydrogens (primary N) is 2. The molecular weight excluding hydrogens is 154 g/mol. The lowest BCUT2D eigenvalue weighted by atomic mass is 9.80. The minimum absolute atomic E-state index is 0.0601. The quantitative estimate of drug-likeness (QED) is 0.406. The largest absolute Gasteiger partial charge is 0.400 e. The van der Waals surface area contributed by atoms with Crippen LogP contribution in [0.15, 0.2) is 11.9 Å². The molecule has 0 unspecified atom stereocenters. The first-order chi connectivity index (χ1) is 5.69. The Hall–Kier alpha value is -0.740. The van der Waals surface area contributed by atoms with Crippen LogP contribution in [0.2, 0.25) is 0 Å². The van der Waals surface area contributed by atoms with Gasteiger partial charge in [-0.1, -0.05) is 6.92 Å². The summed E-state index contributed by atoms with van der Waals surface area (Å²) in [7, 11) is 0. The first kappa shape index (κ1) is 9.35. The van der Waals surface area contributed by atoms with Gasteiger partial charge in [0, 0.05) is 30.5 Å². The Morgan fingerprint density at radius 2 is 2.08 bits per heavy atom. The van der Waals surface area contributed by atoms with E-state index in [0.717, 1.165) is 31.8 Å². The van der Waals surface area contributed by atoms with E-state index in [1.54, 1.807) is 6.20 Å². The Morgan fingerprint density at radius 3 is 2.58 bits per heavy atom. The lowest BCUT2D eigenvalue weighted by Gasteiger charge is -2.33. The van der Waals surface area contributed by atoms with Crippen LogP contribution in [0.1, 0.15) is 19.8 Å². The number of ether oxygens (including phenoxy) is 1. The zero-order valence-corrected chi connectivity index (χ0v) is 7.47. The molecule has 0 radical (unpaired) electrons. The molecular formula is C8H17N3O. The van der Waals surface area contributed by atoms with Gasteiger partial charge in [-0.15, -0.1) is 0 Å². The third-order valence-corrected chi connectivity index (χ3v) is 2.53. The molecule has 4 heteroatoms. The Kier molecular flexibility index (Phi) is 2.94. The van der Waals surface area contributed by atoms with Gasteiger partial charge in [-0.05, 0) is 12.8 Å². The molecule has 4 nitrogen and oxygen atoms in total. The highest BCUT2D eigenvalue weighted by atomic mass is 16.5. The van der Waals surface area contributed by atoms with Crippen molar-refractivity contribution in [3.63, 3.8) is 0 Å². The number of hydrogen-bond donors (Lipinski definition) is 3. The molecule has 1 rings (SSSR count). The molecule has 1 aliphatic heterocycles. The summed E-state index contributed by atoms with van der Waals surface area (Å²) in [5.74, 6) is 5.16. The van der Waals surface area contributed by atoms with E-state index in [2.05, 4.69) is 12.3 Å². The van der Waals surface area contributed by atoms with E-state index in [1.165, 1.54) is 0 Å². The number of rotatable bonds is 2. The van der Waals surface area contributed by atoms with Crippen LogP contribution >= 0.6 is 0 Å². The molecule has 5 N–H and O–H groups in total. The van der Waals surface area contributed by atoms with E-state index >= 15 is 0 Å². The van der Waals surface area contributed by atoms with E-state index < -0.39 is 0 Å². The summed E-state index contributed by atoms with van der Waals surface area (Å²) in [5, 5.41) is 0. The highest BCUT2D eigenvalue weighted by molar-refractivity contribution is 5.08. The number of hydrogen-bond acceptors (Lipinski definition) is 4. The molecule has 12 heavy (non-hydrogen) atoms. The molecule has 70 valence electrons. The van der Waals surface area contributed by atoms with Crippen molar-refractivity contribution in [2.45, 2.75) is 19.8 Å². The van der Waals surface area contributed by atoms with Crippen LogP contribution in [0.4, 0.5) is 0 Å². The average molecular weight is 171 g/mol. The Morgan fingerprint density at radius 1 is 1.50 bits per heavy atom. The molecule has 0 saturated carbocycles. The van der Waals surface area contributed by atoms with Crippen molar-refractivity contribution in [2.24, 2.45) is 17.0 Å². The monoisotopic (exact) mass is 171 g/mol. The van der Waals surface area contributed by atoms with Gasteiger partial charge in [0.2, 0.25) is 0 Å². The molecule has 0 aliphatic carbocycles. The Bertz CT molecular complexity index is 173. The summed E-state index contributed by atoms with van der Waals surface area (Å²) in [5.41, 5.74) is 9.19. The standard InChI is InChI=1S/C8H17N3O/c1-8(7(9)6-11-10)2-4-12-5-3-8/h6,11H,2-5,9-10H2,1H3/b7-6-. The van der Waals surface area contributed by atoms with Crippen molar-refractivity contribution in [1.82, 2.24) is 5.43 Å². The van der Waals surface area contributed by atoms with Crippen LogP contribution in [0.5, 0.6) is 0 Å². The Labute approximate surface area is 72.9 Å². The number of hydrazine groups is 1. The summed E-state index contributed by atoms with van der Waals surface area (Å²) in [6.07, 6.45) is 3.60. The molecule has 0 bridgehead atoms. The van der Waals surface area contributed by atoms with Crippen LogP contribution in [0.25, 0.3) is 0 Å². The minimum Gasteiger partial charge on any atom is -0.400 e. The lowest BCUT2D eigenvalue weighted by molar-refractivity contribution is 0.0393. The zero-order chi connectivity index (χ0) is 9.03. The lowest BCUT2D eigenvalue weighted by Crippen LogP contribution is -2.33. The summed E-state index contributed by atoms with van der Waals surface area (Å²) < 4.78 is 5.26. The van der Waals surface area contributed by atoms with Crippen LogP contribution in [0.3, 0.4) is 0 Å². The van der Waals surface area contributed by atoms with Crippen molar-refractivity contribution in [3.05, 3.63) is 11.9 Å². The maximum atomic E-state index is 5.86. The van der Waals surface area contributed by atoms with Crippen LogP contribution in [-0.2, 0) is 4.74 Å². The molecule has 1 saturated heterocycles. The molecule has 1 fully saturated rings. The van der Waals surface area contributed by atoms with Crippen molar-refractivity contribution in [2.75, 3.05) is 13.2 Å². The third-order valence-electron chi connectivity index (χ3n) is 2.53. The fraction of sp³-hybridized carbons (Fsp3) is 0.750. The smallest absolute Gasteiger partial charge is 0.0475 e. The maximum Gasteiger partial charge on any atom is 0.0475 e. The molecule has 0 spiro atoms. The van der Waals surface area contributed by atoms with Gasteiger partial charge in [0.05, 0.1) is 0 Å². The van der Waals surface area contributed by atoms with Crippen LogP contribution in [0, 0.1) is 5.41 Å². The second kappa shape index (κ2) is 3.78. The van der Waals surface area contributed by atoms with Crippen LogP contribution in [-0.4, -0.2) is 13.2 Å². The summed E-state index contributed by atoms with van der Waals surface area (Å²) >= 11 is 0. The van der Waals surface area contributed by atoms with Gasteiger partial charge in [0.25, 0.3) is 0 Å². The van der Waals surface area contributed by atoms with E-state index in [1.807, 2.05) is 0 Å². The maximum absolute atomic E-state index is 5.86. The SMILES string of the molecule is CC1(/C(N)=C/NN)CCOCC1. The molecule has 0 atom stereocenters. The summed E-state index contributed by atoms with van der Waals surface area (Å²) in [6, 6.07) is 0. The highest BCUT2D eigenvalue weighted by Crippen LogP contribution is 2.34. The van der Waals surface area contributed by atoms with Gasteiger partial charge in [0.1, 0.15) is 0 Å². The summed E-state index contributed by atoms with van der Waals surface area (Å²) in [4.78, 5) is 0. The van der Waals surface area contributed by atoms with E-state index in [-0.39, 0.29) is 5.41 Å². The number of nitrogens with one attached hydrogen (secondary N) is 1. The van der Waals surface area contributed by atoms with Gasteiger partial charge in [-0.25, -0.2) is 0 Å².